The number of aryl methyl sites for hydroxylation is 1. The average Bonchev–Trinajstić information content (AvgIpc) is 3.15. The van der Waals surface area contributed by atoms with Crippen molar-refractivity contribution in [1.82, 2.24) is 19.8 Å². The fourth-order valence-electron chi connectivity index (χ4n) is 3.71. The normalized spacial score (nSPS) is 21.3. The maximum Gasteiger partial charge on any atom is 0.230 e. The summed E-state index contributed by atoms with van der Waals surface area (Å²) < 4.78 is 7.16. The van der Waals surface area contributed by atoms with Gasteiger partial charge in [-0.2, -0.15) is 0 Å². The Morgan fingerprint density at radius 1 is 1.46 bits per heavy atom. The van der Waals surface area contributed by atoms with Crippen molar-refractivity contribution < 1.29 is 9.21 Å². The van der Waals surface area contributed by atoms with E-state index in [0.717, 1.165) is 36.6 Å². The lowest BCUT2D eigenvalue weighted by Crippen LogP contribution is -2.43. The summed E-state index contributed by atoms with van der Waals surface area (Å²) in [5, 5.41) is 3.17. The molecule has 0 unspecified atom stereocenters. The maximum absolute atomic E-state index is 12.8. The van der Waals surface area contributed by atoms with Gasteiger partial charge in [0.15, 0.2) is 0 Å². The largest absolute Gasteiger partial charge is 0.472 e. The minimum Gasteiger partial charge on any atom is -0.472 e. The van der Waals surface area contributed by atoms with Crippen LogP contribution in [0.5, 0.6) is 0 Å². The maximum atomic E-state index is 12.8. The van der Waals surface area contributed by atoms with E-state index in [2.05, 4.69) is 15.2 Å². The van der Waals surface area contributed by atoms with Crippen molar-refractivity contribution >= 4 is 5.91 Å². The molecule has 2 aliphatic rings. The molecule has 1 amide bonds. The Labute approximate surface area is 141 Å². The number of carbonyl (C=O) groups is 1. The molecular weight excluding hydrogens is 304 g/mol. The van der Waals surface area contributed by atoms with Crippen molar-refractivity contribution in [1.29, 1.82) is 0 Å². The fourth-order valence-corrected chi connectivity index (χ4v) is 3.71. The monoisotopic (exact) mass is 328 g/mol. The molecular formula is C18H24N4O2. The SMILES string of the molecule is Cn1cnc2c1[C@@H](C(=O)NCC1CCC1)CN(Cc1ccoc1)C2. The van der Waals surface area contributed by atoms with Crippen LogP contribution >= 0.6 is 0 Å². The number of fused-ring (bicyclic) bond motifs is 1. The smallest absolute Gasteiger partial charge is 0.230 e. The number of imidazole rings is 1. The second-order valence-electron chi connectivity index (χ2n) is 7.08. The molecule has 0 saturated heterocycles. The van der Waals surface area contributed by atoms with E-state index < -0.39 is 0 Å². The van der Waals surface area contributed by atoms with E-state index >= 15 is 0 Å². The highest BCUT2D eigenvalue weighted by atomic mass is 16.3. The van der Waals surface area contributed by atoms with E-state index in [1.54, 1.807) is 12.5 Å². The molecule has 6 heteroatoms. The Balaban J connectivity index is 1.49. The first-order valence-electron chi connectivity index (χ1n) is 8.72. The minimum atomic E-state index is -0.159. The number of amides is 1. The summed E-state index contributed by atoms with van der Waals surface area (Å²) >= 11 is 0. The van der Waals surface area contributed by atoms with Crippen LogP contribution in [0.15, 0.2) is 29.3 Å². The molecule has 0 radical (unpaired) electrons. The van der Waals surface area contributed by atoms with Gasteiger partial charge in [-0.15, -0.1) is 0 Å². The van der Waals surface area contributed by atoms with E-state index in [0.29, 0.717) is 12.5 Å². The molecule has 1 fully saturated rings. The molecule has 0 bridgehead atoms. The quantitative estimate of drug-likeness (QED) is 0.912. The molecule has 3 heterocycles. The number of rotatable bonds is 5. The van der Waals surface area contributed by atoms with Gasteiger partial charge in [0.05, 0.1) is 36.2 Å². The number of hydrogen-bond acceptors (Lipinski definition) is 4. The molecule has 6 nitrogen and oxygen atoms in total. The molecule has 0 aromatic carbocycles. The van der Waals surface area contributed by atoms with Gasteiger partial charge < -0.3 is 14.3 Å². The van der Waals surface area contributed by atoms with Crippen LogP contribution in [-0.4, -0.2) is 33.4 Å². The number of hydrogen-bond donors (Lipinski definition) is 1. The minimum absolute atomic E-state index is 0.128. The number of furan rings is 1. The summed E-state index contributed by atoms with van der Waals surface area (Å²) in [6, 6.07) is 1.97. The molecule has 2 aromatic heterocycles. The van der Waals surface area contributed by atoms with Gasteiger partial charge in [-0.05, 0) is 24.8 Å². The summed E-state index contributed by atoms with van der Waals surface area (Å²) in [5.41, 5.74) is 3.20. The Morgan fingerprint density at radius 2 is 2.33 bits per heavy atom. The highest BCUT2D eigenvalue weighted by Crippen LogP contribution is 2.29. The number of carbonyl (C=O) groups excluding carboxylic acids is 1. The van der Waals surface area contributed by atoms with Crippen LogP contribution < -0.4 is 5.32 Å². The molecule has 2 aromatic rings. The van der Waals surface area contributed by atoms with Crippen LogP contribution in [-0.2, 0) is 24.9 Å². The molecule has 128 valence electrons. The lowest BCUT2D eigenvalue weighted by atomic mass is 9.85. The van der Waals surface area contributed by atoms with Crippen molar-refractivity contribution in [2.45, 2.75) is 38.3 Å². The number of nitrogens with zero attached hydrogens (tertiary/aromatic N) is 3. The van der Waals surface area contributed by atoms with Crippen molar-refractivity contribution in [2.24, 2.45) is 13.0 Å². The van der Waals surface area contributed by atoms with Crippen molar-refractivity contribution in [3.05, 3.63) is 41.9 Å². The Bertz CT molecular complexity index is 703. The van der Waals surface area contributed by atoms with Gasteiger partial charge >= 0.3 is 0 Å². The Hall–Kier alpha value is -2.08. The highest BCUT2D eigenvalue weighted by Gasteiger charge is 2.34. The zero-order valence-corrected chi connectivity index (χ0v) is 14.1. The van der Waals surface area contributed by atoms with Crippen LogP contribution in [0.3, 0.4) is 0 Å². The predicted octanol–water partition coefficient (Wildman–Crippen LogP) is 2.03. The van der Waals surface area contributed by atoms with Crippen molar-refractivity contribution in [3.8, 4) is 0 Å². The van der Waals surface area contributed by atoms with E-state index in [4.69, 9.17) is 4.42 Å². The third kappa shape index (κ3) is 2.98. The van der Waals surface area contributed by atoms with Gasteiger partial charge in [0.1, 0.15) is 0 Å². The highest BCUT2D eigenvalue weighted by molar-refractivity contribution is 5.84. The number of nitrogens with one attached hydrogen (secondary N) is 1. The van der Waals surface area contributed by atoms with Gasteiger partial charge in [-0.25, -0.2) is 4.98 Å². The summed E-state index contributed by atoms with van der Waals surface area (Å²) in [6.45, 7) is 3.07. The van der Waals surface area contributed by atoms with Gasteiger partial charge in [0.2, 0.25) is 5.91 Å². The van der Waals surface area contributed by atoms with E-state index in [-0.39, 0.29) is 11.8 Å². The Kier molecular flexibility index (Phi) is 4.14. The Morgan fingerprint density at radius 3 is 3.04 bits per heavy atom. The van der Waals surface area contributed by atoms with Crippen LogP contribution in [0.4, 0.5) is 0 Å². The van der Waals surface area contributed by atoms with Crippen LogP contribution in [0.2, 0.25) is 0 Å². The van der Waals surface area contributed by atoms with Gasteiger partial charge in [-0.3, -0.25) is 9.69 Å². The third-order valence-corrected chi connectivity index (χ3v) is 5.30. The van der Waals surface area contributed by atoms with Crippen LogP contribution in [0.1, 0.15) is 42.1 Å². The number of aromatic nitrogens is 2. The summed E-state index contributed by atoms with van der Waals surface area (Å²) in [4.78, 5) is 19.6. The first kappa shape index (κ1) is 15.4. The fraction of sp³-hybridized carbons (Fsp3) is 0.556. The predicted molar refractivity (Wildman–Crippen MR) is 89.1 cm³/mol. The summed E-state index contributed by atoms with van der Waals surface area (Å²) in [7, 11) is 1.98. The van der Waals surface area contributed by atoms with Crippen LogP contribution in [0, 0.1) is 5.92 Å². The summed E-state index contributed by atoms with van der Waals surface area (Å²) in [5.74, 6) is 0.641. The van der Waals surface area contributed by atoms with Gasteiger partial charge in [0.25, 0.3) is 0 Å². The zero-order valence-electron chi connectivity index (χ0n) is 14.1. The van der Waals surface area contributed by atoms with E-state index in [1.165, 1.54) is 19.3 Å². The molecule has 0 spiro atoms. The molecule has 1 atom stereocenters. The first-order chi connectivity index (χ1) is 11.7. The lowest BCUT2D eigenvalue weighted by Gasteiger charge is -2.33. The molecule has 1 saturated carbocycles. The topological polar surface area (TPSA) is 63.3 Å². The second-order valence-corrected chi connectivity index (χ2v) is 7.08. The average molecular weight is 328 g/mol. The van der Waals surface area contributed by atoms with Crippen molar-refractivity contribution in [2.75, 3.05) is 13.1 Å². The van der Waals surface area contributed by atoms with Crippen molar-refractivity contribution in [3.63, 3.8) is 0 Å². The van der Waals surface area contributed by atoms with Gasteiger partial charge in [-0.1, -0.05) is 6.42 Å². The standard InChI is InChI=1S/C18H24N4O2/c1-21-12-20-16-10-22(8-14-5-6-24-11-14)9-15(17(16)21)18(23)19-7-13-3-2-4-13/h5-6,11-13,15H,2-4,7-10H2,1H3,(H,19,23)/t15-/m0/s1. The third-order valence-electron chi connectivity index (χ3n) is 5.30. The lowest BCUT2D eigenvalue weighted by molar-refractivity contribution is -0.123. The molecule has 4 rings (SSSR count). The molecule has 24 heavy (non-hydrogen) atoms. The summed E-state index contributed by atoms with van der Waals surface area (Å²) in [6.07, 6.45) is 9.06. The molecule has 1 aliphatic heterocycles. The van der Waals surface area contributed by atoms with Gasteiger partial charge in [0, 0.05) is 38.8 Å². The molecule has 1 aliphatic carbocycles. The molecule has 1 N–H and O–H groups in total. The van der Waals surface area contributed by atoms with Crippen LogP contribution in [0.25, 0.3) is 0 Å². The van der Waals surface area contributed by atoms with E-state index in [9.17, 15) is 4.79 Å². The second kappa shape index (κ2) is 6.43. The first-order valence-corrected chi connectivity index (χ1v) is 8.72. The van der Waals surface area contributed by atoms with E-state index in [1.807, 2.05) is 24.0 Å². The zero-order chi connectivity index (χ0) is 16.5.